The highest BCUT2D eigenvalue weighted by Crippen LogP contribution is 2.14. The third kappa shape index (κ3) is 4.02. The van der Waals surface area contributed by atoms with Gasteiger partial charge >= 0.3 is 5.69 Å². The lowest BCUT2D eigenvalue weighted by molar-refractivity contribution is 0.265. The molecule has 0 radical (unpaired) electrons. The molecule has 29 heavy (non-hydrogen) atoms. The molecule has 0 bridgehead atoms. The molecule has 0 amide bonds. The molecular formula is C19H28N6O4. The van der Waals surface area contributed by atoms with E-state index in [0.717, 1.165) is 30.3 Å². The molecule has 158 valence electrons. The van der Waals surface area contributed by atoms with Crippen LogP contribution in [0, 0.1) is 0 Å². The minimum absolute atomic E-state index is 0.0950. The average molecular weight is 404 g/mol. The van der Waals surface area contributed by atoms with Crippen molar-refractivity contribution in [1.29, 1.82) is 0 Å². The summed E-state index contributed by atoms with van der Waals surface area (Å²) in [4.78, 5) is 35.1. The number of hydrogen-bond donors (Lipinski definition) is 1. The number of aliphatic hydroxyl groups is 1. The SMILES string of the molecule is CCCCn1c(=O)n(Cc2nc(CCC)no2)c(=O)c2c1nc(CO)n2CCC. The van der Waals surface area contributed by atoms with Gasteiger partial charge in [0.05, 0.1) is 0 Å². The van der Waals surface area contributed by atoms with Gasteiger partial charge in [-0.15, -0.1) is 0 Å². The highest BCUT2D eigenvalue weighted by Gasteiger charge is 2.22. The first-order chi connectivity index (χ1) is 14.0. The minimum Gasteiger partial charge on any atom is -0.388 e. The highest BCUT2D eigenvalue weighted by atomic mass is 16.5. The Bertz CT molecular complexity index is 1090. The summed E-state index contributed by atoms with van der Waals surface area (Å²) < 4.78 is 9.57. The smallest absolute Gasteiger partial charge is 0.333 e. The third-order valence-corrected chi connectivity index (χ3v) is 4.79. The number of aryl methyl sites for hydroxylation is 3. The molecule has 3 aromatic rings. The number of rotatable bonds is 10. The highest BCUT2D eigenvalue weighted by molar-refractivity contribution is 5.71. The Morgan fingerprint density at radius 2 is 1.76 bits per heavy atom. The lowest BCUT2D eigenvalue weighted by Crippen LogP contribution is -2.41. The molecule has 3 heterocycles. The molecule has 10 nitrogen and oxygen atoms in total. The maximum atomic E-state index is 13.3. The molecule has 10 heteroatoms. The summed E-state index contributed by atoms with van der Waals surface area (Å²) in [5, 5.41) is 13.6. The molecule has 0 atom stereocenters. The van der Waals surface area contributed by atoms with Crippen molar-refractivity contribution in [3.8, 4) is 0 Å². The quantitative estimate of drug-likeness (QED) is 0.543. The number of aliphatic hydroxyl groups excluding tert-OH is 1. The standard InChI is InChI=1S/C19H28N6O4/c1-4-7-10-24-17-16(23(9-6-3)14(12-26)21-17)18(27)25(19(24)28)11-15-20-13(8-5-2)22-29-15/h26H,4-12H2,1-3H3. The second kappa shape index (κ2) is 9.17. The van der Waals surface area contributed by atoms with Gasteiger partial charge in [-0.05, 0) is 19.3 Å². The zero-order chi connectivity index (χ0) is 21.0. The second-order valence-electron chi connectivity index (χ2n) is 7.04. The summed E-state index contributed by atoms with van der Waals surface area (Å²) in [6.45, 7) is 6.57. The molecule has 0 aliphatic heterocycles. The fourth-order valence-electron chi connectivity index (χ4n) is 3.39. The largest absolute Gasteiger partial charge is 0.388 e. The molecule has 3 aromatic heterocycles. The van der Waals surface area contributed by atoms with Crippen LogP contribution in [0.2, 0.25) is 0 Å². The van der Waals surface area contributed by atoms with Gasteiger partial charge in [0.1, 0.15) is 19.0 Å². The van der Waals surface area contributed by atoms with Crippen LogP contribution in [0.3, 0.4) is 0 Å². The molecule has 3 rings (SSSR count). The molecule has 0 fully saturated rings. The lowest BCUT2D eigenvalue weighted by Gasteiger charge is -2.11. The molecule has 0 aliphatic carbocycles. The van der Waals surface area contributed by atoms with Gasteiger partial charge in [-0.1, -0.05) is 32.3 Å². The summed E-state index contributed by atoms with van der Waals surface area (Å²) in [6.07, 6.45) is 3.95. The van der Waals surface area contributed by atoms with Gasteiger partial charge in [0.2, 0.25) is 5.89 Å². The van der Waals surface area contributed by atoms with Crippen molar-refractivity contribution in [3.05, 3.63) is 38.4 Å². The van der Waals surface area contributed by atoms with Gasteiger partial charge in [0.25, 0.3) is 5.56 Å². The molecule has 0 saturated carbocycles. The molecule has 1 N–H and O–H groups in total. The van der Waals surface area contributed by atoms with Crippen LogP contribution in [0.25, 0.3) is 11.2 Å². The van der Waals surface area contributed by atoms with E-state index in [1.807, 2.05) is 20.8 Å². The van der Waals surface area contributed by atoms with Crippen molar-refractivity contribution in [3.63, 3.8) is 0 Å². The van der Waals surface area contributed by atoms with E-state index in [2.05, 4.69) is 15.1 Å². The fourth-order valence-corrected chi connectivity index (χ4v) is 3.39. The van der Waals surface area contributed by atoms with Crippen molar-refractivity contribution in [2.75, 3.05) is 0 Å². The number of imidazole rings is 1. The topological polar surface area (TPSA) is 121 Å². The molecule has 0 aromatic carbocycles. The maximum Gasteiger partial charge on any atom is 0.333 e. The first-order valence-electron chi connectivity index (χ1n) is 10.2. The van der Waals surface area contributed by atoms with Crippen LogP contribution in [0.5, 0.6) is 0 Å². The van der Waals surface area contributed by atoms with Crippen LogP contribution in [-0.2, 0) is 32.7 Å². The average Bonchev–Trinajstić information content (AvgIpc) is 3.30. The van der Waals surface area contributed by atoms with E-state index in [1.54, 1.807) is 4.57 Å². The number of fused-ring (bicyclic) bond motifs is 1. The maximum absolute atomic E-state index is 13.3. The van der Waals surface area contributed by atoms with Gasteiger partial charge in [0, 0.05) is 19.5 Å². The van der Waals surface area contributed by atoms with Crippen LogP contribution in [0.4, 0.5) is 0 Å². The molecule has 0 spiro atoms. The van der Waals surface area contributed by atoms with Gasteiger partial charge < -0.3 is 14.2 Å². The molecular weight excluding hydrogens is 376 g/mol. The summed E-state index contributed by atoms with van der Waals surface area (Å²) >= 11 is 0. The Morgan fingerprint density at radius 1 is 0.966 bits per heavy atom. The van der Waals surface area contributed by atoms with E-state index < -0.39 is 11.2 Å². The molecule has 0 unspecified atom stereocenters. The Morgan fingerprint density at radius 3 is 2.41 bits per heavy atom. The van der Waals surface area contributed by atoms with E-state index in [9.17, 15) is 14.7 Å². The summed E-state index contributed by atoms with van der Waals surface area (Å²) in [6, 6.07) is 0. The summed E-state index contributed by atoms with van der Waals surface area (Å²) in [5.41, 5.74) is -0.287. The van der Waals surface area contributed by atoms with Crippen molar-refractivity contribution < 1.29 is 9.63 Å². The Hall–Kier alpha value is -2.75. The molecule has 0 saturated heterocycles. The van der Waals surface area contributed by atoms with Crippen molar-refractivity contribution in [1.82, 2.24) is 28.8 Å². The summed E-state index contributed by atoms with van der Waals surface area (Å²) in [5.74, 6) is 1.16. The number of hydrogen-bond acceptors (Lipinski definition) is 7. The van der Waals surface area contributed by atoms with Crippen LogP contribution >= 0.6 is 0 Å². The second-order valence-corrected chi connectivity index (χ2v) is 7.04. The van der Waals surface area contributed by atoms with Gasteiger partial charge in [-0.25, -0.2) is 14.3 Å². The van der Waals surface area contributed by atoms with E-state index in [0.29, 0.717) is 42.3 Å². The monoisotopic (exact) mass is 404 g/mol. The zero-order valence-corrected chi connectivity index (χ0v) is 17.2. The van der Waals surface area contributed by atoms with E-state index in [4.69, 9.17) is 4.52 Å². The number of aromatic nitrogens is 6. The Balaban J connectivity index is 2.21. The first kappa shape index (κ1) is 21.0. The van der Waals surface area contributed by atoms with Crippen molar-refractivity contribution >= 4 is 11.2 Å². The van der Waals surface area contributed by atoms with Gasteiger partial charge in [0.15, 0.2) is 17.0 Å². The van der Waals surface area contributed by atoms with Gasteiger partial charge in [-0.3, -0.25) is 9.36 Å². The van der Waals surface area contributed by atoms with Crippen LogP contribution in [0.15, 0.2) is 14.1 Å². The van der Waals surface area contributed by atoms with E-state index in [-0.39, 0.29) is 19.0 Å². The fraction of sp³-hybridized carbons (Fsp3) is 0.632. The third-order valence-electron chi connectivity index (χ3n) is 4.79. The van der Waals surface area contributed by atoms with Crippen molar-refractivity contribution in [2.24, 2.45) is 0 Å². The van der Waals surface area contributed by atoms with Crippen molar-refractivity contribution in [2.45, 2.75) is 79.1 Å². The van der Waals surface area contributed by atoms with Crippen LogP contribution in [0.1, 0.15) is 64.0 Å². The predicted octanol–water partition coefficient (Wildman–Crippen LogP) is 1.45. The van der Waals surface area contributed by atoms with E-state index in [1.165, 1.54) is 4.57 Å². The lowest BCUT2D eigenvalue weighted by atomic mass is 10.3. The van der Waals surface area contributed by atoms with Crippen LogP contribution < -0.4 is 11.2 Å². The Labute approximate surface area is 167 Å². The van der Waals surface area contributed by atoms with Gasteiger partial charge in [-0.2, -0.15) is 4.98 Å². The van der Waals surface area contributed by atoms with E-state index >= 15 is 0 Å². The normalized spacial score (nSPS) is 11.6. The zero-order valence-electron chi connectivity index (χ0n) is 17.2. The number of unbranched alkanes of at least 4 members (excludes halogenated alkanes) is 1. The minimum atomic E-state index is -0.464. The number of nitrogens with zero attached hydrogens (tertiary/aromatic N) is 6. The molecule has 0 aliphatic rings. The van der Waals surface area contributed by atoms with Crippen LogP contribution in [-0.4, -0.2) is 33.9 Å². The first-order valence-corrected chi connectivity index (χ1v) is 10.2. The predicted molar refractivity (Wildman–Crippen MR) is 107 cm³/mol. The Kier molecular flexibility index (Phi) is 6.63. The summed E-state index contributed by atoms with van der Waals surface area (Å²) in [7, 11) is 0.